The molecule has 82 valence electrons. The fraction of sp³-hybridized carbons (Fsp3) is 0.385. The molecule has 0 bridgehead atoms. The first-order valence-electron chi connectivity index (χ1n) is 5.26. The highest BCUT2D eigenvalue weighted by atomic mass is 16.5. The highest BCUT2D eigenvalue weighted by molar-refractivity contribution is 5.30. The van der Waals surface area contributed by atoms with Gasteiger partial charge >= 0.3 is 0 Å². The summed E-state index contributed by atoms with van der Waals surface area (Å²) in [6.45, 7) is 5.07. The molecule has 1 aromatic carbocycles. The van der Waals surface area contributed by atoms with Crippen LogP contribution in [-0.2, 0) is 0 Å². The Hall–Kier alpha value is -1.28. The highest BCUT2D eigenvalue weighted by Gasteiger charge is 2.03. The highest BCUT2D eigenvalue weighted by Crippen LogP contribution is 2.18. The molecule has 1 rings (SSSR count). The molecule has 0 amide bonds. The summed E-state index contributed by atoms with van der Waals surface area (Å²) in [5.41, 5.74) is 1.25. The quantitative estimate of drug-likeness (QED) is 0.746. The lowest BCUT2D eigenvalue weighted by molar-refractivity contribution is 0.413. The summed E-state index contributed by atoms with van der Waals surface area (Å²) in [5.74, 6) is 0.909. The number of hydrogen-bond acceptors (Lipinski definition) is 2. The van der Waals surface area contributed by atoms with E-state index in [1.807, 2.05) is 25.1 Å². The first-order chi connectivity index (χ1) is 7.27. The zero-order chi connectivity index (χ0) is 11.1. The second-order valence-electron chi connectivity index (χ2n) is 3.48. The van der Waals surface area contributed by atoms with Crippen LogP contribution in [0.15, 0.2) is 36.4 Å². The summed E-state index contributed by atoms with van der Waals surface area (Å²) in [6, 6.07) is 8.49. The number of methoxy groups -OCH3 is 1. The van der Waals surface area contributed by atoms with Crippen molar-refractivity contribution in [2.45, 2.75) is 19.9 Å². The van der Waals surface area contributed by atoms with Gasteiger partial charge in [-0.3, -0.25) is 0 Å². The molecule has 1 N–H and O–H groups in total. The van der Waals surface area contributed by atoms with E-state index in [1.54, 1.807) is 7.11 Å². The third-order valence-electron chi connectivity index (χ3n) is 2.37. The SMILES string of the molecule is C/C=C/CN[C@@H](C)c1cccc(OC)c1. The monoisotopic (exact) mass is 205 g/mol. The second-order valence-corrected chi connectivity index (χ2v) is 3.48. The first kappa shape index (κ1) is 11.8. The molecule has 1 atom stereocenters. The van der Waals surface area contributed by atoms with Gasteiger partial charge in [0, 0.05) is 12.6 Å². The van der Waals surface area contributed by atoms with Gasteiger partial charge in [0.1, 0.15) is 5.75 Å². The van der Waals surface area contributed by atoms with Crippen LogP contribution >= 0.6 is 0 Å². The van der Waals surface area contributed by atoms with Gasteiger partial charge in [-0.1, -0.05) is 24.3 Å². The van der Waals surface area contributed by atoms with Crippen molar-refractivity contribution in [3.8, 4) is 5.75 Å². The number of nitrogens with one attached hydrogen (secondary N) is 1. The van der Waals surface area contributed by atoms with Crippen LogP contribution in [0.2, 0.25) is 0 Å². The Kier molecular flexibility index (Phi) is 4.91. The maximum atomic E-state index is 5.19. The third kappa shape index (κ3) is 3.76. The van der Waals surface area contributed by atoms with Crippen molar-refractivity contribution in [1.29, 1.82) is 0 Å². The summed E-state index contributed by atoms with van der Waals surface area (Å²) in [4.78, 5) is 0. The van der Waals surface area contributed by atoms with Gasteiger partial charge in [0.25, 0.3) is 0 Å². The minimum absolute atomic E-state index is 0.344. The predicted molar refractivity (Wildman–Crippen MR) is 64.2 cm³/mol. The molecule has 0 saturated heterocycles. The van der Waals surface area contributed by atoms with Crippen LogP contribution in [0.1, 0.15) is 25.5 Å². The summed E-state index contributed by atoms with van der Waals surface area (Å²) < 4.78 is 5.19. The number of benzene rings is 1. The van der Waals surface area contributed by atoms with Gasteiger partial charge in [-0.05, 0) is 31.5 Å². The van der Waals surface area contributed by atoms with Crippen LogP contribution in [0.4, 0.5) is 0 Å². The van der Waals surface area contributed by atoms with Crippen molar-refractivity contribution in [2.75, 3.05) is 13.7 Å². The molecule has 0 aliphatic rings. The smallest absolute Gasteiger partial charge is 0.119 e. The minimum atomic E-state index is 0.344. The lowest BCUT2D eigenvalue weighted by Gasteiger charge is -2.13. The van der Waals surface area contributed by atoms with Gasteiger partial charge in [0.15, 0.2) is 0 Å². The normalized spacial score (nSPS) is 13.0. The number of ether oxygens (including phenoxy) is 1. The largest absolute Gasteiger partial charge is 0.497 e. The van der Waals surface area contributed by atoms with Gasteiger partial charge in [-0.15, -0.1) is 0 Å². The molecule has 0 spiro atoms. The molecular formula is C13H19NO. The Bertz CT molecular complexity index is 320. The Balaban J connectivity index is 2.60. The Morgan fingerprint density at radius 2 is 2.27 bits per heavy atom. The van der Waals surface area contributed by atoms with Gasteiger partial charge in [0.05, 0.1) is 7.11 Å². The molecule has 0 saturated carbocycles. The van der Waals surface area contributed by atoms with Crippen molar-refractivity contribution >= 4 is 0 Å². The first-order valence-corrected chi connectivity index (χ1v) is 5.26. The molecule has 15 heavy (non-hydrogen) atoms. The van der Waals surface area contributed by atoms with Gasteiger partial charge in [-0.2, -0.15) is 0 Å². The summed E-state index contributed by atoms with van der Waals surface area (Å²) in [6.07, 6.45) is 4.15. The average molecular weight is 205 g/mol. The summed E-state index contributed by atoms with van der Waals surface area (Å²) >= 11 is 0. The van der Waals surface area contributed by atoms with E-state index in [2.05, 4.69) is 30.4 Å². The third-order valence-corrected chi connectivity index (χ3v) is 2.37. The van der Waals surface area contributed by atoms with E-state index in [0.29, 0.717) is 6.04 Å². The molecule has 0 unspecified atom stereocenters. The zero-order valence-electron chi connectivity index (χ0n) is 9.66. The van der Waals surface area contributed by atoms with Gasteiger partial charge < -0.3 is 10.1 Å². The molecule has 1 aromatic rings. The fourth-order valence-electron chi connectivity index (χ4n) is 1.39. The maximum Gasteiger partial charge on any atom is 0.119 e. The number of hydrogen-bond donors (Lipinski definition) is 1. The Morgan fingerprint density at radius 3 is 2.93 bits per heavy atom. The standard InChI is InChI=1S/C13H19NO/c1-4-5-9-14-11(2)12-7-6-8-13(10-12)15-3/h4-8,10-11,14H,9H2,1-3H3/b5-4+/t11-/m0/s1. The molecular weight excluding hydrogens is 186 g/mol. The van der Waals surface area contributed by atoms with Crippen molar-refractivity contribution in [1.82, 2.24) is 5.32 Å². The Morgan fingerprint density at radius 1 is 1.47 bits per heavy atom. The lowest BCUT2D eigenvalue weighted by Crippen LogP contribution is -2.18. The van der Waals surface area contributed by atoms with Crippen molar-refractivity contribution < 1.29 is 4.74 Å². The van der Waals surface area contributed by atoms with Gasteiger partial charge in [0.2, 0.25) is 0 Å². The molecule has 2 nitrogen and oxygen atoms in total. The summed E-state index contributed by atoms with van der Waals surface area (Å²) in [5, 5.41) is 3.41. The Labute approximate surface area is 92.0 Å². The van der Waals surface area contributed by atoms with Crippen molar-refractivity contribution in [2.24, 2.45) is 0 Å². The molecule has 0 fully saturated rings. The number of rotatable bonds is 5. The van der Waals surface area contributed by atoms with E-state index >= 15 is 0 Å². The molecule has 2 heteroatoms. The van der Waals surface area contributed by atoms with E-state index in [4.69, 9.17) is 4.74 Å². The van der Waals surface area contributed by atoms with Crippen LogP contribution in [-0.4, -0.2) is 13.7 Å². The maximum absolute atomic E-state index is 5.19. The van der Waals surface area contributed by atoms with E-state index < -0.39 is 0 Å². The van der Waals surface area contributed by atoms with E-state index in [1.165, 1.54) is 5.56 Å². The fourth-order valence-corrected chi connectivity index (χ4v) is 1.39. The minimum Gasteiger partial charge on any atom is -0.497 e. The van der Waals surface area contributed by atoms with E-state index in [0.717, 1.165) is 12.3 Å². The van der Waals surface area contributed by atoms with Gasteiger partial charge in [-0.25, -0.2) is 0 Å². The molecule has 0 aliphatic carbocycles. The van der Waals surface area contributed by atoms with Crippen LogP contribution in [0, 0.1) is 0 Å². The van der Waals surface area contributed by atoms with E-state index in [9.17, 15) is 0 Å². The molecule has 0 heterocycles. The number of allylic oxidation sites excluding steroid dienone is 1. The molecule has 0 radical (unpaired) electrons. The summed E-state index contributed by atoms with van der Waals surface area (Å²) in [7, 11) is 1.69. The zero-order valence-corrected chi connectivity index (χ0v) is 9.66. The lowest BCUT2D eigenvalue weighted by atomic mass is 10.1. The molecule has 0 aromatic heterocycles. The van der Waals surface area contributed by atoms with Crippen LogP contribution < -0.4 is 10.1 Å². The second kappa shape index (κ2) is 6.25. The average Bonchev–Trinajstić information content (AvgIpc) is 2.29. The predicted octanol–water partition coefficient (Wildman–Crippen LogP) is 2.92. The van der Waals surface area contributed by atoms with Crippen molar-refractivity contribution in [3.63, 3.8) is 0 Å². The van der Waals surface area contributed by atoms with Crippen LogP contribution in [0.5, 0.6) is 5.75 Å². The topological polar surface area (TPSA) is 21.3 Å². The van der Waals surface area contributed by atoms with Crippen molar-refractivity contribution in [3.05, 3.63) is 42.0 Å². The van der Waals surface area contributed by atoms with E-state index in [-0.39, 0.29) is 0 Å². The van der Waals surface area contributed by atoms with Crippen LogP contribution in [0.3, 0.4) is 0 Å². The molecule has 0 aliphatic heterocycles. The van der Waals surface area contributed by atoms with Crippen LogP contribution in [0.25, 0.3) is 0 Å².